The van der Waals surface area contributed by atoms with Crippen LogP contribution in [0.4, 0.5) is 17.2 Å². The molecule has 0 spiro atoms. The van der Waals surface area contributed by atoms with Crippen LogP contribution in [0.1, 0.15) is 22.6 Å². The zero-order valence-corrected chi connectivity index (χ0v) is 14.8. The van der Waals surface area contributed by atoms with E-state index in [0.29, 0.717) is 0 Å². The molecule has 3 aliphatic heterocycles. The third-order valence-electron chi connectivity index (χ3n) is 5.78. The minimum Gasteiger partial charge on any atom is -0.457 e. The molecule has 4 aromatic rings. The van der Waals surface area contributed by atoms with Crippen LogP contribution >= 0.6 is 0 Å². The van der Waals surface area contributed by atoms with Crippen molar-refractivity contribution in [3.8, 4) is 23.0 Å². The molecule has 0 radical (unpaired) electrons. The minimum atomic E-state index is 0.103. The predicted octanol–water partition coefficient (Wildman–Crippen LogP) is 6.26. The molecular formula is C24H14N2O2. The smallest absolute Gasteiger partial charge is 0.137 e. The van der Waals surface area contributed by atoms with Crippen LogP contribution in [0.15, 0.2) is 79.0 Å². The molecule has 132 valence electrons. The Morgan fingerprint density at radius 2 is 1.18 bits per heavy atom. The van der Waals surface area contributed by atoms with Gasteiger partial charge in [-0.05, 0) is 48.5 Å². The number of benzene rings is 3. The first kappa shape index (κ1) is 14.3. The van der Waals surface area contributed by atoms with Crippen molar-refractivity contribution >= 4 is 17.2 Å². The average Bonchev–Trinajstić information content (AvgIpc) is 2.75. The molecule has 3 aromatic carbocycles. The summed E-state index contributed by atoms with van der Waals surface area (Å²) in [5.41, 5.74) is 5.68. The number of ether oxygens (including phenoxy) is 2. The molecule has 0 N–H and O–H groups in total. The van der Waals surface area contributed by atoms with Crippen molar-refractivity contribution in [3.63, 3.8) is 0 Å². The van der Waals surface area contributed by atoms with Crippen LogP contribution in [-0.4, -0.2) is 4.98 Å². The highest BCUT2D eigenvalue weighted by atomic mass is 16.5. The van der Waals surface area contributed by atoms with E-state index in [-0.39, 0.29) is 5.92 Å². The van der Waals surface area contributed by atoms with Gasteiger partial charge in [-0.15, -0.1) is 0 Å². The summed E-state index contributed by atoms with van der Waals surface area (Å²) < 4.78 is 12.6. The zero-order valence-electron chi connectivity index (χ0n) is 14.8. The van der Waals surface area contributed by atoms with E-state index in [0.717, 1.165) is 45.8 Å². The SMILES string of the molecule is c1ccc(N2c3cccc4c3C3c5c(cccc5Oc5cccc2c53)O4)nc1. The number of pyridine rings is 1. The Kier molecular flexibility index (Phi) is 2.51. The number of aromatic nitrogens is 1. The highest BCUT2D eigenvalue weighted by molar-refractivity contribution is 5.90. The second-order valence-corrected chi connectivity index (χ2v) is 7.21. The molecule has 0 fully saturated rings. The number of nitrogens with zero attached hydrogens (tertiary/aromatic N) is 2. The number of hydrogen-bond donors (Lipinski definition) is 0. The fourth-order valence-corrected chi connectivity index (χ4v) is 4.73. The zero-order chi connectivity index (χ0) is 18.2. The standard InChI is InChI=1S/C24H14N2O2/c1-2-13-25-20(12-1)26-14-6-3-8-16-21(14)24-22-15(26)7-4-9-17(22)28-19-11-5-10-18(27-16)23(19)24/h1-13,24H. The summed E-state index contributed by atoms with van der Waals surface area (Å²) in [7, 11) is 0. The normalized spacial score (nSPS) is 14.8. The highest BCUT2D eigenvalue weighted by Crippen LogP contribution is 2.63. The van der Waals surface area contributed by atoms with Gasteiger partial charge in [-0.3, -0.25) is 4.90 Å². The van der Waals surface area contributed by atoms with Crippen molar-refractivity contribution in [2.45, 2.75) is 5.92 Å². The number of anilines is 3. The third-order valence-corrected chi connectivity index (χ3v) is 5.78. The van der Waals surface area contributed by atoms with E-state index in [1.807, 2.05) is 66.9 Å². The van der Waals surface area contributed by atoms with Gasteiger partial charge in [0.15, 0.2) is 0 Å². The summed E-state index contributed by atoms with van der Waals surface area (Å²) in [5.74, 6) is 4.53. The third kappa shape index (κ3) is 1.63. The second kappa shape index (κ2) is 4.93. The summed E-state index contributed by atoms with van der Waals surface area (Å²) in [4.78, 5) is 6.84. The number of rotatable bonds is 1. The van der Waals surface area contributed by atoms with Crippen LogP contribution in [0.2, 0.25) is 0 Å². The molecule has 0 atom stereocenters. The molecule has 28 heavy (non-hydrogen) atoms. The predicted molar refractivity (Wildman–Crippen MR) is 106 cm³/mol. The largest absolute Gasteiger partial charge is 0.457 e. The second-order valence-electron chi connectivity index (χ2n) is 7.21. The van der Waals surface area contributed by atoms with Crippen molar-refractivity contribution in [3.05, 3.63) is 95.7 Å². The van der Waals surface area contributed by atoms with Gasteiger partial charge >= 0.3 is 0 Å². The molecule has 4 nitrogen and oxygen atoms in total. The Morgan fingerprint density at radius 1 is 0.607 bits per heavy atom. The Balaban J connectivity index is 1.63. The quantitative estimate of drug-likeness (QED) is 0.345. The summed E-state index contributed by atoms with van der Waals surface area (Å²) in [6.07, 6.45) is 1.83. The summed E-state index contributed by atoms with van der Waals surface area (Å²) in [5, 5.41) is 0. The molecule has 0 saturated carbocycles. The van der Waals surface area contributed by atoms with E-state index in [4.69, 9.17) is 9.47 Å². The molecule has 3 aliphatic rings. The first-order chi connectivity index (χ1) is 13.9. The van der Waals surface area contributed by atoms with Gasteiger partial charge in [-0.2, -0.15) is 0 Å². The summed E-state index contributed by atoms with van der Waals surface area (Å²) in [6, 6.07) is 24.5. The lowest BCUT2D eigenvalue weighted by Crippen LogP contribution is -2.27. The Bertz CT molecular complexity index is 1210. The summed E-state index contributed by atoms with van der Waals surface area (Å²) in [6.45, 7) is 0. The molecule has 0 unspecified atom stereocenters. The lowest BCUT2D eigenvalue weighted by Gasteiger charge is -2.43. The Labute approximate surface area is 161 Å². The van der Waals surface area contributed by atoms with Crippen LogP contribution < -0.4 is 14.4 Å². The molecule has 0 aliphatic carbocycles. The van der Waals surface area contributed by atoms with Crippen LogP contribution in [0.25, 0.3) is 0 Å². The van der Waals surface area contributed by atoms with Gasteiger partial charge in [-0.25, -0.2) is 4.98 Å². The number of hydrogen-bond acceptors (Lipinski definition) is 4. The Morgan fingerprint density at radius 3 is 1.75 bits per heavy atom. The molecule has 1 aromatic heterocycles. The average molecular weight is 362 g/mol. The van der Waals surface area contributed by atoms with E-state index in [9.17, 15) is 0 Å². The van der Waals surface area contributed by atoms with Crippen LogP contribution in [0.3, 0.4) is 0 Å². The van der Waals surface area contributed by atoms with Crippen molar-refractivity contribution in [1.29, 1.82) is 0 Å². The molecule has 0 bridgehead atoms. The fourth-order valence-electron chi connectivity index (χ4n) is 4.73. The highest BCUT2D eigenvalue weighted by Gasteiger charge is 2.44. The van der Waals surface area contributed by atoms with Gasteiger partial charge in [-0.1, -0.05) is 24.3 Å². The van der Waals surface area contributed by atoms with E-state index in [2.05, 4.69) is 22.0 Å². The van der Waals surface area contributed by atoms with Gasteiger partial charge in [0.05, 0.1) is 17.3 Å². The molecule has 7 rings (SSSR count). The first-order valence-corrected chi connectivity index (χ1v) is 9.36. The molecule has 4 heterocycles. The maximum absolute atomic E-state index is 6.31. The van der Waals surface area contributed by atoms with E-state index in [1.165, 1.54) is 11.1 Å². The Hall–Kier alpha value is -3.79. The van der Waals surface area contributed by atoms with Crippen molar-refractivity contribution in [2.75, 3.05) is 4.90 Å². The van der Waals surface area contributed by atoms with Crippen molar-refractivity contribution < 1.29 is 9.47 Å². The van der Waals surface area contributed by atoms with E-state index < -0.39 is 0 Å². The first-order valence-electron chi connectivity index (χ1n) is 9.36. The van der Waals surface area contributed by atoms with Gasteiger partial charge in [0.25, 0.3) is 0 Å². The molecule has 0 saturated heterocycles. The monoisotopic (exact) mass is 362 g/mol. The van der Waals surface area contributed by atoms with E-state index >= 15 is 0 Å². The topological polar surface area (TPSA) is 34.6 Å². The van der Waals surface area contributed by atoms with Gasteiger partial charge in [0, 0.05) is 22.9 Å². The summed E-state index contributed by atoms with van der Waals surface area (Å²) >= 11 is 0. The minimum absolute atomic E-state index is 0.103. The van der Waals surface area contributed by atoms with Gasteiger partial charge in [0.2, 0.25) is 0 Å². The maximum Gasteiger partial charge on any atom is 0.137 e. The molecule has 0 amide bonds. The lowest BCUT2D eigenvalue weighted by molar-refractivity contribution is 0.409. The van der Waals surface area contributed by atoms with E-state index in [1.54, 1.807) is 0 Å². The maximum atomic E-state index is 6.31. The van der Waals surface area contributed by atoms with Crippen molar-refractivity contribution in [2.24, 2.45) is 0 Å². The van der Waals surface area contributed by atoms with Crippen LogP contribution in [0, 0.1) is 0 Å². The fraction of sp³-hybridized carbons (Fsp3) is 0.0417. The molecular weight excluding hydrogens is 348 g/mol. The van der Waals surface area contributed by atoms with Crippen molar-refractivity contribution in [1.82, 2.24) is 4.98 Å². The van der Waals surface area contributed by atoms with Crippen LogP contribution in [-0.2, 0) is 0 Å². The molecule has 4 heteroatoms. The van der Waals surface area contributed by atoms with Crippen LogP contribution in [0.5, 0.6) is 23.0 Å². The lowest BCUT2D eigenvalue weighted by atomic mass is 9.76. The van der Waals surface area contributed by atoms with Gasteiger partial charge in [0.1, 0.15) is 28.8 Å². The van der Waals surface area contributed by atoms with Gasteiger partial charge < -0.3 is 9.47 Å².